The monoisotopic (exact) mass is 429 g/mol. The Morgan fingerprint density at radius 2 is 1.87 bits per heavy atom. The highest BCUT2D eigenvalue weighted by Gasteiger charge is 2.47. The normalized spacial score (nSPS) is 25.5. The number of imide groups is 1. The van der Waals surface area contributed by atoms with Gasteiger partial charge in [0.25, 0.3) is 5.91 Å². The molecule has 3 fully saturated rings. The van der Waals surface area contributed by atoms with Crippen molar-refractivity contribution in [3.8, 4) is 5.75 Å². The van der Waals surface area contributed by atoms with E-state index < -0.39 is 17.8 Å². The molecule has 1 aliphatic carbocycles. The quantitative estimate of drug-likeness (QED) is 0.671. The summed E-state index contributed by atoms with van der Waals surface area (Å²) in [6.45, 7) is 0.709. The van der Waals surface area contributed by atoms with E-state index >= 15 is 0 Å². The van der Waals surface area contributed by atoms with Gasteiger partial charge in [0, 0.05) is 6.54 Å². The van der Waals surface area contributed by atoms with E-state index in [0.29, 0.717) is 42.8 Å². The second-order valence-electron chi connectivity index (χ2n) is 8.42. The highest BCUT2D eigenvalue weighted by molar-refractivity contribution is 6.04. The summed E-state index contributed by atoms with van der Waals surface area (Å²) in [4.78, 5) is 52.5. The third kappa shape index (κ3) is 3.96. The first-order valence-electron chi connectivity index (χ1n) is 10.7. The Morgan fingerprint density at radius 3 is 2.55 bits per heavy atom. The molecule has 1 aromatic rings. The average molecular weight is 429 g/mol. The number of hydrogen-bond acceptors (Lipinski definition) is 5. The first-order valence-corrected chi connectivity index (χ1v) is 10.7. The van der Waals surface area contributed by atoms with Gasteiger partial charge in [0.1, 0.15) is 11.8 Å². The summed E-state index contributed by atoms with van der Waals surface area (Å²) in [5.41, 5.74) is 1.08. The van der Waals surface area contributed by atoms with Crippen molar-refractivity contribution in [3.63, 3.8) is 0 Å². The second kappa shape index (κ2) is 8.56. The van der Waals surface area contributed by atoms with Crippen molar-refractivity contribution >= 4 is 29.5 Å². The maximum absolute atomic E-state index is 12.9. The lowest BCUT2D eigenvalue weighted by Crippen LogP contribution is -2.36. The number of benzene rings is 1. The minimum atomic E-state index is -0.952. The summed E-state index contributed by atoms with van der Waals surface area (Å²) >= 11 is 0. The van der Waals surface area contributed by atoms with E-state index in [1.807, 2.05) is 0 Å². The smallest absolute Gasteiger partial charge is 0.327 e. The molecule has 4 amide bonds. The van der Waals surface area contributed by atoms with E-state index in [2.05, 4.69) is 5.32 Å². The van der Waals surface area contributed by atoms with Crippen LogP contribution in [0, 0.1) is 11.8 Å². The number of anilines is 1. The molecule has 2 heterocycles. The molecular weight excluding hydrogens is 402 g/mol. The maximum Gasteiger partial charge on any atom is 0.327 e. The summed E-state index contributed by atoms with van der Waals surface area (Å²) in [5, 5.41) is 12.3. The number of carboxylic acid groups (broad SMARTS) is 1. The molecule has 0 bridgehead atoms. The van der Waals surface area contributed by atoms with Gasteiger partial charge >= 0.3 is 12.0 Å². The Morgan fingerprint density at radius 1 is 1.13 bits per heavy atom. The molecule has 1 saturated carbocycles. The number of rotatable bonds is 6. The van der Waals surface area contributed by atoms with Crippen molar-refractivity contribution in [1.29, 1.82) is 0 Å². The molecule has 3 unspecified atom stereocenters. The lowest BCUT2D eigenvalue weighted by atomic mass is 9.78. The predicted octanol–water partition coefficient (Wildman–Crippen LogP) is 2.45. The van der Waals surface area contributed by atoms with Gasteiger partial charge in [-0.2, -0.15) is 0 Å². The molecule has 9 nitrogen and oxygen atoms in total. The number of aliphatic carboxylic acids is 1. The molecule has 0 radical (unpaired) electrons. The Balaban J connectivity index is 1.51. The number of carboxylic acids is 1. The molecule has 0 aromatic heterocycles. The van der Waals surface area contributed by atoms with Crippen LogP contribution in [0.4, 0.5) is 10.5 Å². The van der Waals surface area contributed by atoms with Gasteiger partial charge in [0.2, 0.25) is 5.91 Å². The highest BCUT2D eigenvalue weighted by atomic mass is 16.5. The lowest BCUT2D eigenvalue weighted by molar-refractivity contribution is -0.147. The number of nitrogens with one attached hydrogen (secondary N) is 1. The zero-order valence-electron chi connectivity index (χ0n) is 17.5. The third-order valence-corrected chi connectivity index (χ3v) is 6.56. The Hall–Kier alpha value is -3.10. The number of urea groups is 1. The molecule has 3 atom stereocenters. The zero-order valence-corrected chi connectivity index (χ0v) is 17.5. The van der Waals surface area contributed by atoms with Crippen LogP contribution < -0.4 is 10.1 Å². The summed E-state index contributed by atoms with van der Waals surface area (Å²) in [7, 11) is 1.48. The number of ether oxygens (including phenoxy) is 1. The lowest BCUT2D eigenvalue weighted by Gasteiger charge is -2.27. The summed E-state index contributed by atoms with van der Waals surface area (Å²) in [5.74, 6) is -2.36. The van der Waals surface area contributed by atoms with Crippen molar-refractivity contribution < 1.29 is 29.0 Å². The van der Waals surface area contributed by atoms with Crippen LogP contribution in [-0.2, 0) is 20.9 Å². The number of carbonyl (C=O) groups is 4. The van der Waals surface area contributed by atoms with Gasteiger partial charge in [-0.25, -0.2) is 4.79 Å². The van der Waals surface area contributed by atoms with Gasteiger partial charge in [-0.3, -0.25) is 19.3 Å². The zero-order chi connectivity index (χ0) is 22.1. The molecule has 0 spiro atoms. The van der Waals surface area contributed by atoms with Crippen molar-refractivity contribution in [1.82, 2.24) is 9.80 Å². The number of carbonyl (C=O) groups excluding carboxylic acids is 3. The van der Waals surface area contributed by atoms with Crippen LogP contribution in [0.3, 0.4) is 0 Å². The summed E-state index contributed by atoms with van der Waals surface area (Å²) in [6, 6.07) is 4.47. The van der Waals surface area contributed by atoms with Gasteiger partial charge in [0.05, 0.1) is 31.2 Å². The molecule has 9 heteroatoms. The van der Waals surface area contributed by atoms with Gasteiger partial charge < -0.3 is 20.1 Å². The molecule has 1 aromatic carbocycles. The van der Waals surface area contributed by atoms with Gasteiger partial charge in [-0.1, -0.05) is 18.9 Å². The fraction of sp³-hybridized carbons (Fsp3) is 0.545. The first-order chi connectivity index (χ1) is 14.9. The van der Waals surface area contributed by atoms with E-state index in [4.69, 9.17) is 4.74 Å². The van der Waals surface area contributed by atoms with Crippen LogP contribution >= 0.6 is 0 Å². The van der Waals surface area contributed by atoms with Crippen LogP contribution in [0.5, 0.6) is 5.75 Å². The number of methoxy groups -OCH3 is 1. The number of hydrogen-bond donors (Lipinski definition) is 2. The van der Waals surface area contributed by atoms with Gasteiger partial charge in [-0.15, -0.1) is 0 Å². The second-order valence-corrected chi connectivity index (χ2v) is 8.42. The molecular formula is C22H27N3O6. The van der Waals surface area contributed by atoms with E-state index in [-0.39, 0.29) is 30.4 Å². The minimum Gasteiger partial charge on any atom is -0.495 e. The minimum absolute atomic E-state index is 0.110. The standard InChI is InChI=1S/C22H27N3O6/c1-31-18-9-8-13(12-25-20(27)17-7-4-10-24(17)22(25)30)11-16(18)23-19(26)14-5-2-3-6-15(14)21(28)29/h8-9,11,14-15,17H,2-7,10,12H2,1H3,(H,23,26)(H,28,29). The van der Waals surface area contributed by atoms with Crippen molar-refractivity contribution in [2.45, 2.75) is 51.1 Å². The molecule has 166 valence electrons. The number of fused-ring (bicyclic) bond motifs is 1. The number of amides is 4. The van der Waals surface area contributed by atoms with Crippen molar-refractivity contribution in [2.75, 3.05) is 19.0 Å². The molecule has 2 aliphatic heterocycles. The molecule has 2 saturated heterocycles. The van der Waals surface area contributed by atoms with E-state index in [1.165, 1.54) is 12.0 Å². The van der Waals surface area contributed by atoms with E-state index in [0.717, 1.165) is 19.3 Å². The Kier molecular flexibility index (Phi) is 5.84. The molecule has 31 heavy (non-hydrogen) atoms. The van der Waals surface area contributed by atoms with E-state index in [9.17, 15) is 24.3 Å². The Bertz CT molecular complexity index is 895. The summed E-state index contributed by atoms with van der Waals surface area (Å²) in [6.07, 6.45) is 4.16. The fourth-order valence-electron chi connectivity index (χ4n) is 4.93. The predicted molar refractivity (Wildman–Crippen MR) is 110 cm³/mol. The molecule has 2 N–H and O–H groups in total. The number of nitrogens with zero attached hydrogens (tertiary/aromatic N) is 2. The third-order valence-electron chi connectivity index (χ3n) is 6.56. The van der Waals surface area contributed by atoms with Crippen LogP contribution in [0.25, 0.3) is 0 Å². The largest absolute Gasteiger partial charge is 0.495 e. The topological polar surface area (TPSA) is 116 Å². The van der Waals surface area contributed by atoms with Crippen molar-refractivity contribution in [3.05, 3.63) is 23.8 Å². The SMILES string of the molecule is COc1ccc(CN2C(=O)C3CCCN3C2=O)cc1NC(=O)C1CCCCC1C(=O)O. The maximum atomic E-state index is 12.9. The first kappa shape index (κ1) is 21.1. The summed E-state index contributed by atoms with van der Waals surface area (Å²) < 4.78 is 5.35. The Labute approximate surface area is 180 Å². The average Bonchev–Trinajstić information content (AvgIpc) is 3.33. The molecule has 4 rings (SSSR count). The van der Waals surface area contributed by atoms with Gasteiger partial charge in [0.15, 0.2) is 0 Å². The van der Waals surface area contributed by atoms with E-state index in [1.54, 1.807) is 23.1 Å². The highest BCUT2D eigenvalue weighted by Crippen LogP contribution is 2.34. The van der Waals surface area contributed by atoms with Crippen molar-refractivity contribution in [2.24, 2.45) is 11.8 Å². The van der Waals surface area contributed by atoms with Crippen LogP contribution in [0.2, 0.25) is 0 Å². The van der Waals surface area contributed by atoms with Gasteiger partial charge in [-0.05, 0) is 43.4 Å². The van der Waals surface area contributed by atoms with Crippen LogP contribution in [0.15, 0.2) is 18.2 Å². The van der Waals surface area contributed by atoms with Crippen LogP contribution in [0.1, 0.15) is 44.1 Å². The molecule has 3 aliphatic rings. The fourth-order valence-corrected chi connectivity index (χ4v) is 4.93. The van der Waals surface area contributed by atoms with Crippen LogP contribution in [-0.4, -0.2) is 58.4 Å².